The largest absolute Gasteiger partial charge is 0.356 e. The summed E-state index contributed by atoms with van der Waals surface area (Å²) in [5.41, 5.74) is 2.82. The van der Waals surface area contributed by atoms with Gasteiger partial charge >= 0.3 is 0 Å². The summed E-state index contributed by atoms with van der Waals surface area (Å²) in [7, 11) is 0. The quantitative estimate of drug-likeness (QED) is 0.710. The van der Waals surface area contributed by atoms with Crippen LogP contribution in [-0.2, 0) is 6.54 Å². The third kappa shape index (κ3) is 3.37. The van der Waals surface area contributed by atoms with Crippen LogP contribution in [0.2, 0.25) is 0 Å². The van der Waals surface area contributed by atoms with E-state index < -0.39 is 0 Å². The predicted molar refractivity (Wildman–Crippen MR) is 85.5 cm³/mol. The fraction of sp³-hybridized carbons (Fsp3) is 0.118. The van der Waals surface area contributed by atoms with E-state index in [0.29, 0.717) is 17.8 Å². The van der Waals surface area contributed by atoms with Crippen LogP contribution in [0.1, 0.15) is 33.3 Å². The molecule has 2 heterocycles. The van der Waals surface area contributed by atoms with Crippen molar-refractivity contribution in [1.82, 2.24) is 20.1 Å². The van der Waals surface area contributed by atoms with Gasteiger partial charge in [-0.1, -0.05) is 12.1 Å². The summed E-state index contributed by atoms with van der Waals surface area (Å²) < 4.78 is 1.77. The molecule has 1 aromatic carbocycles. The van der Waals surface area contributed by atoms with Gasteiger partial charge in [0.1, 0.15) is 5.69 Å². The molecule has 0 aliphatic carbocycles. The maximum Gasteiger partial charge on any atom is 0.267 e. The minimum absolute atomic E-state index is 0.0745. The minimum Gasteiger partial charge on any atom is -0.356 e. The van der Waals surface area contributed by atoms with E-state index in [-0.39, 0.29) is 11.7 Å². The third-order valence-corrected chi connectivity index (χ3v) is 3.49. The number of carbonyl (C=O) groups excluding carboxylic acids is 2. The maximum absolute atomic E-state index is 12.0. The van der Waals surface area contributed by atoms with Crippen LogP contribution in [0.15, 0.2) is 55.0 Å². The molecule has 6 heteroatoms. The number of rotatable bonds is 5. The molecule has 0 radical (unpaired) electrons. The maximum atomic E-state index is 12.0. The van der Waals surface area contributed by atoms with Crippen LogP contribution in [0, 0.1) is 0 Å². The predicted octanol–water partition coefficient (Wildman–Crippen LogP) is 2.33. The Labute approximate surface area is 133 Å². The zero-order valence-corrected chi connectivity index (χ0v) is 12.6. The number of aromatic amines is 1. The molecule has 0 saturated carbocycles. The van der Waals surface area contributed by atoms with Crippen LogP contribution in [0.5, 0.6) is 0 Å². The average molecular weight is 308 g/mol. The fourth-order valence-corrected chi connectivity index (χ4v) is 2.19. The van der Waals surface area contributed by atoms with Crippen LogP contribution in [0.4, 0.5) is 0 Å². The number of benzene rings is 1. The molecule has 0 fully saturated rings. The van der Waals surface area contributed by atoms with Gasteiger partial charge in [-0.3, -0.25) is 9.59 Å². The van der Waals surface area contributed by atoms with Crippen molar-refractivity contribution in [3.05, 3.63) is 71.8 Å². The lowest BCUT2D eigenvalue weighted by atomic mass is 10.2. The second-order valence-electron chi connectivity index (χ2n) is 5.16. The summed E-state index contributed by atoms with van der Waals surface area (Å²) in [5, 5.41) is 6.98. The Morgan fingerprint density at radius 3 is 2.65 bits per heavy atom. The molecule has 2 aromatic heterocycles. The highest BCUT2D eigenvalue weighted by Gasteiger charge is 2.10. The van der Waals surface area contributed by atoms with Gasteiger partial charge in [-0.05, 0) is 36.8 Å². The summed E-state index contributed by atoms with van der Waals surface area (Å²) in [4.78, 5) is 26.1. The number of H-pyrrole nitrogens is 1. The monoisotopic (exact) mass is 308 g/mol. The fourth-order valence-electron chi connectivity index (χ4n) is 2.19. The molecule has 0 aliphatic rings. The van der Waals surface area contributed by atoms with Crippen molar-refractivity contribution in [2.45, 2.75) is 13.5 Å². The van der Waals surface area contributed by atoms with Crippen LogP contribution < -0.4 is 5.32 Å². The molecule has 0 saturated heterocycles. The van der Waals surface area contributed by atoms with Crippen molar-refractivity contribution in [1.29, 1.82) is 0 Å². The highest BCUT2D eigenvalue weighted by atomic mass is 16.2. The lowest BCUT2D eigenvalue weighted by molar-refractivity contribution is 0.0946. The van der Waals surface area contributed by atoms with E-state index in [1.807, 2.05) is 36.5 Å². The summed E-state index contributed by atoms with van der Waals surface area (Å²) in [6.07, 6.45) is 5.13. The van der Waals surface area contributed by atoms with Crippen molar-refractivity contribution >= 4 is 11.7 Å². The molecule has 0 spiro atoms. The van der Waals surface area contributed by atoms with Crippen molar-refractivity contribution in [3.63, 3.8) is 0 Å². The van der Waals surface area contributed by atoms with Gasteiger partial charge < -0.3 is 10.3 Å². The first-order valence-electron chi connectivity index (χ1n) is 7.20. The van der Waals surface area contributed by atoms with Gasteiger partial charge in [0.15, 0.2) is 5.78 Å². The number of hydrogen-bond acceptors (Lipinski definition) is 3. The lowest BCUT2D eigenvalue weighted by Crippen LogP contribution is -2.23. The van der Waals surface area contributed by atoms with E-state index >= 15 is 0 Å². The Morgan fingerprint density at radius 1 is 1.26 bits per heavy atom. The number of carbonyl (C=O) groups is 2. The summed E-state index contributed by atoms with van der Waals surface area (Å²) in [6, 6.07) is 11.2. The zero-order valence-electron chi connectivity index (χ0n) is 12.6. The van der Waals surface area contributed by atoms with Gasteiger partial charge in [0.05, 0.1) is 5.69 Å². The molecule has 3 aromatic rings. The molecule has 0 unspecified atom stereocenters. The molecule has 0 aliphatic heterocycles. The van der Waals surface area contributed by atoms with Gasteiger partial charge in [0.25, 0.3) is 5.91 Å². The Balaban J connectivity index is 1.61. The van der Waals surface area contributed by atoms with E-state index in [4.69, 9.17) is 0 Å². The summed E-state index contributed by atoms with van der Waals surface area (Å²) in [5.74, 6) is -0.317. The van der Waals surface area contributed by atoms with Crippen LogP contribution >= 0.6 is 0 Å². The van der Waals surface area contributed by atoms with Crippen LogP contribution in [0.3, 0.4) is 0 Å². The van der Waals surface area contributed by atoms with E-state index in [1.165, 1.54) is 13.1 Å². The summed E-state index contributed by atoms with van der Waals surface area (Å²) in [6.45, 7) is 1.87. The van der Waals surface area contributed by atoms with Gasteiger partial charge in [-0.25, -0.2) is 4.68 Å². The standard InChI is InChI=1S/C17H16N4O2/c1-12(22)14-9-16(18-11-14)17(23)19-10-13-3-5-15(6-4-13)21-8-2-7-20-21/h2-9,11,18H,10H2,1H3,(H,19,23). The van der Waals surface area contributed by atoms with Gasteiger partial charge in [-0.15, -0.1) is 0 Å². The SMILES string of the molecule is CC(=O)c1c[nH]c(C(=O)NCc2ccc(-n3cccn3)cc2)c1. The smallest absolute Gasteiger partial charge is 0.267 e. The normalized spacial score (nSPS) is 10.5. The molecule has 3 rings (SSSR count). The highest BCUT2D eigenvalue weighted by Crippen LogP contribution is 2.09. The van der Waals surface area contributed by atoms with Crippen molar-refractivity contribution in [3.8, 4) is 5.69 Å². The van der Waals surface area contributed by atoms with E-state index in [2.05, 4.69) is 15.4 Å². The second kappa shape index (κ2) is 6.31. The number of Topliss-reactive ketones (excluding diaryl/α,β-unsaturated/α-hetero) is 1. The second-order valence-corrected chi connectivity index (χ2v) is 5.16. The zero-order chi connectivity index (χ0) is 16.2. The minimum atomic E-state index is -0.242. The molecule has 0 atom stereocenters. The molecule has 1 amide bonds. The first-order chi connectivity index (χ1) is 11.1. The molecule has 23 heavy (non-hydrogen) atoms. The van der Waals surface area contributed by atoms with E-state index in [0.717, 1.165) is 11.3 Å². The Bertz CT molecular complexity index is 817. The van der Waals surface area contributed by atoms with Crippen molar-refractivity contribution in [2.75, 3.05) is 0 Å². The van der Waals surface area contributed by atoms with Crippen LogP contribution in [-0.4, -0.2) is 26.5 Å². The van der Waals surface area contributed by atoms with Crippen molar-refractivity contribution in [2.24, 2.45) is 0 Å². The van der Waals surface area contributed by atoms with Gasteiger partial charge in [0, 0.05) is 30.7 Å². The molecule has 116 valence electrons. The first kappa shape index (κ1) is 14.8. The number of aromatic nitrogens is 3. The van der Waals surface area contributed by atoms with Crippen LogP contribution in [0.25, 0.3) is 5.69 Å². The van der Waals surface area contributed by atoms with E-state index in [1.54, 1.807) is 16.9 Å². The molecular formula is C17H16N4O2. The summed E-state index contributed by atoms with van der Waals surface area (Å²) >= 11 is 0. The van der Waals surface area contributed by atoms with Gasteiger partial charge in [0.2, 0.25) is 0 Å². The number of amides is 1. The Morgan fingerprint density at radius 2 is 2.04 bits per heavy atom. The third-order valence-electron chi connectivity index (χ3n) is 3.49. The van der Waals surface area contributed by atoms with E-state index in [9.17, 15) is 9.59 Å². The average Bonchev–Trinajstić information content (AvgIpc) is 3.24. The molecule has 2 N–H and O–H groups in total. The Kier molecular flexibility index (Phi) is 4.05. The molecule has 6 nitrogen and oxygen atoms in total. The number of hydrogen-bond donors (Lipinski definition) is 2. The number of nitrogens with zero attached hydrogens (tertiary/aromatic N) is 2. The van der Waals surface area contributed by atoms with Crippen molar-refractivity contribution < 1.29 is 9.59 Å². The van der Waals surface area contributed by atoms with Gasteiger partial charge in [-0.2, -0.15) is 5.10 Å². The highest BCUT2D eigenvalue weighted by molar-refractivity contribution is 5.99. The number of nitrogens with one attached hydrogen (secondary N) is 2. The molecule has 0 bridgehead atoms. The molecular weight excluding hydrogens is 292 g/mol. The Hall–Kier alpha value is -3.15. The lowest BCUT2D eigenvalue weighted by Gasteiger charge is -2.06. The first-order valence-corrected chi connectivity index (χ1v) is 7.20. The topological polar surface area (TPSA) is 79.8 Å². The number of ketones is 1.